The minimum atomic E-state index is -3.03. The number of sulfone groups is 1. The average molecular weight is 352 g/mol. The summed E-state index contributed by atoms with van der Waals surface area (Å²) in [7, 11) is -3.03. The van der Waals surface area contributed by atoms with Crippen LogP contribution in [0.3, 0.4) is 0 Å². The summed E-state index contributed by atoms with van der Waals surface area (Å²) in [5, 5.41) is 0.571. The fourth-order valence-corrected chi connectivity index (χ4v) is 6.82. The number of nitrogens with zero attached hydrogens (tertiary/aromatic N) is 2. The molecule has 1 aromatic carbocycles. The molecule has 2 saturated heterocycles. The molecular formula is C16H20N2O3S2. The molecule has 0 saturated carbocycles. The molecule has 0 aromatic heterocycles. The van der Waals surface area contributed by atoms with Gasteiger partial charge in [0.25, 0.3) is 5.91 Å². The molecule has 2 fully saturated rings. The van der Waals surface area contributed by atoms with E-state index in [-0.39, 0.29) is 34.6 Å². The van der Waals surface area contributed by atoms with Gasteiger partial charge in [-0.3, -0.25) is 4.79 Å². The Balaban J connectivity index is 2.05. The van der Waals surface area contributed by atoms with Gasteiger partial charge in [0.15, 0.2) is 15.0 Å². The molecule has 0 radical (unpaired) electrons. The Kier molecular flexibility index (Phi) is 4.27. The SMILES string of the molecule is Cc1ccccc1N1C(=NC(=O)C(C)C)S[C@@H]2CS(=O)(=O)C[C@H]21. The zero-order chi connectivity index (χ0) is 16.8. The first-order valence-electron chi connectivity index (χ1n) is 7.63. The van der Waals surface area contributed by atoms with Crippen LogP contribution < -0.4 is 4.90 Å². The van der Waals surface area contributed by atoms with Crippen molar-refractivity contribution in [3.63, 3.8) is 0 Å². The second-order valence-corrected chi connectivity index (χ2v) is 9.70. The number of hydrogen-bond donors (Lipinski definition) is 0. The van der Waals surface area contributed by atoms with Crippen LogP contribution in [0.4, 0.5) is 5.69 Å². The molecule has 0 N–H and O–H groups in total. The zero-order valence-electron chi connectivity index (χ0n) is 13.4. The molecule has 0 aliphatic carbocycles. The molecule has 124 valence electrons. The predicted molar refractivity (Wildman–Crippen MR) is 94.8 cm³/mol. The van der Waals surface area contributed by atoms with E-state index in [4.69, 9.17) is 0 Å². The van der Waals surface area contributed by atoms with E-state index in [1.165, 1.54) is 11.8 Å². The Bertz CT molecular complexity index is 771. The van der Waals surface area contributed by atoms with Crippen LogP contribution in [0.25, 0.3) is 0 Å². The lowest BCUT2D eigenvalue weighted by molar-refractivity contribution is -0.120. The highest BCUT2D eigenvalue weighted by Gasteiger charge is 2.49. The second-order valence-electron chi connectivity index (χ2n) is 6.34. The number of aliphatic imine (C=N–C) groups is 1. The minimum absolute atomic E-state index is 0.0571. The van der Waals surface area contributed by atoms with Gasteiger partial charge in [0.2, 0.25) is 0 Å². The van der Waals surface area contributed by atoms with E-state index in [1.54, 1.807) is 0 Å². The van der Waals surface area contributed by atoms with Crippen molar-refractivity contribution in [2.24, 2.45) is 10.9 Å². The molecule has 1 amide bonds. The third kappa shape index (κ3) is 3.17. The summed E-state index contributed by atoms with van der Waals surface area (Å²) < 4.78 is 24.0. The van der Waals surface area contributed by atoms with Crippen molar-refractivity contribution in [2.75, 3.05) is 16.4 Å². The Morgan fingerprint density at radius 3 is 2.65 bits per heavy atom. The van der Waals surface area contributed by atoms with Gasteiger partial charge in [0, 0.05) is 16.9 Å². The number of carbonyl (C=O) groups is 1. The second kappa shape index (κ2) is 5.94. The molecule has 2 atom stereocenters. The zero-order valence-corrected chi connectivity index (χ0v) is 15.0. The topological polar surface area (TPSA) is 66.8 Å². The summed E-state index contributed by atoms with van der Waals surface area (Å²) in [6.07, 6.45) is 0. The van der Waals surface area contributed by atoms with Crippen LogP contribution in [-0.2, 0) is 14.6 Å². The van der Waals surface area contributed by atoms with Crippen LogP contribution in [0, 0.1) is 12.8 Å². The number of benzene rings is 1. The molecule has 2 aliphatic heterocycles. The van der Waals surface area contributed by atoms with Gasteiger partial charge in [-0.1, -0.05) is 43.8 Å². The first-order chi connectivity index (χ1) is 10.8. The molecule has 5 nitrogen and oxygen atoms in total. The number of aryl methyl sites for hydroxylation is 1. The van der Waals surface area contributed by atoms with Crippen molar-refractivity contribution in [2.45, 2.75) is 32.1 Å². The molecule has 2 aliphatic rings. The average Bonchev–Trinajstić information content (AvgIpc) is 2.91. The molecule has 1 aromatic rings. The third-order valence-corrected chi connectivity index (χ3v) is 7.35. The van der Waals surface area contributed by atoms with Gasteiger partial charge >= 0.3 is 0 Å². The first-order valence-corrected chi connectivity index (χ1v) is 10.3. The maximum Gasteiger partial charge on any atom is 0.250 e. The van der Waals surface area contributed by atoms with Crippen LogP contribution in [0.2, 0.25) is 0 Å². The summed E-state index contributed by atoms with van der Waals surface area (Å²) in [6.45, 7) is 5.61. The van der Waals surface area contributed by atoms with E-state index in [1.807, 2.05) is 49.9 Å². The molecule has 2 heterocycles. The van der Waals surface area contributed by atoms with E-state index in [9.17, 15) is 13.2 Å². The monoisotopic (exact) mass is 352 g/mol. The van der Waals surface area contributed by atoms with Crippen LogP contribution in [0.15, 0.2) is 29.3 Å². The maximum atomic E-state index is 12.1. The number of amides is 1. The van der Waals surface area contributed by atoms with E-state index in [2.05, 4.69) is 4.99 Å². The van der Waals surface area contributed by atoms with Crippen LogP contribution in [-0.4, -0.2) is 42.3 Å². The molecule has 0 unspecified atom stereocenters. The summed E-state index contributed by atoms with van der Waals surface area (Å²) in [5.74, 6) is -0.0760. The Labute approximate surface area is 141 Å². The van der Waals surface area contributed by atoms with Gasteiger partial charge < -0.3 is 4.90 Å². The molecule has 23 heavy (non-hydrogen) atoms. The lowest BCUT2D eigenvalue weighted by Gasteiger charge is -2.26. The molecule has 0 spiro atoms. The maximum absolute atomic E-state index is 12.1. The lowest BCUT2D eigenvalue weighted by atomic mass is 10.1. The first kappa shape index (κ1) is 16.5. The summed E-state index contributed by atoms with van der Waals surface area (Å²) in [6, 6.07) is 7.66. The van der Waals surface area contributed by atoms with Gasteiger partial charge in [0.05, 0.1) is 17.5 Å². The van der Waals surface area contributed by atoms with Crippen molar-refractivity contribution in [3.8, 4) is 0 Å². The molecular weight excluding hydrogens is 332 g/mol. The Morgan fingerprint density at radius 2 is 2.00 bits per heavy atom. The van der Waals surface area contributed by atoms with Crippen molar-refractivity contribution in [1.82, 2.24) is 0 Å². The number of para-hydroxylation sites is 1. The van der Waals surface area contributed by atoms with Crippen molar-refractivity contribution in [3.05, 3.63) is 29.8 Å². The van der Waals surface area contributed by atoms with Gasteiger partial charge in [-0.2, -0.15) is 4.99 Å². The van der Waals surface area contributed by atoms with Crippen LogP contribution in [0.1, 0.15) is 19.4 Å². The fraction of sp³-hybridized carbons (Fsp3) is 0.500. The normalized spacial score (nSPS) is 27.7. The number of thioether (sulfide) groups is 1. The van der Waals surface area contributed by atoms with E-state index >= 15 is 0 Å². The quantitative estimate of drug-likeness (QED) is 0.817. The smallest absolute Gasteiger partial charge is 0.250 e. The van der Waals surface area contributed by atoms with Crippen molar-refractivity contribution in [1.29, 1.82) is 0 Å². The Hall–Kier alpha value is -1.34. The minimum Gasteiger partial charge on any atom is -0.315 e. The number of hydrogen-bond acceptors (Lipinski definition) is 4. The molecule has 0 bridgehead atoms. The van der Waals surface area contributed by atoms with Gasteiger partial charge in [0.1, 0.15) is 0 Å². The highest BCUT2D eigenvalue weighted by atomic mass is 32.2. The van der Waals surface area contributed by atoms with Crippen LogP contribution in [0.5, 0.6) is 0 Å². The highest BCUT2D eigenvalue weighted by Crippen LogP contribution is 2.41. The predicted octanol–water partition coefficient (Wildman–Crippen LogP) is 2.25. The van der Waals surface area contributed by atoms with E-state index in [0.29, 0.717) is 5.17 Å². The highest BCUT2D eigenvalue weighted by molar-refractivity contribution is 8.16. The number of fused-ring (bicyclic) bond motifs is 1. The van der Waals surface area contributed by atoms with Crippen molar-refractivity contribution < 1.29 is 13.2 Å². The number of carbonyl (C=O) groups excluding carboxylic acids is 1. The molecule has 7 heteroatoms. The molecule has 3 rings (SSSR count). The summed E-state index contributed by atoms with van der Waals surface area (Å²) in [5.41, 5.74) is 1.97. The number of amidine groups is 1. The fourth-order valence-electron chi connectivity index (χ4n) is 2.90. The number of rotatable bonds is 2. The lowest BCUT2D eigenvalue weighted by Crippen LogP contribution is -2.38. The Morgan fingerprint density at radius 1 is 1.30 bits per heavy atom. The summed E-state index contributed by atoms with van der Waals surface area (Å²) in [4.78, 5) is 18.3. The standard InChI is InChI=1S/C16H20N2O3S2/c1-10(2)15(19)17-16-18(12-7-5-4-6-11(12)3)13-8-23(20,21)9-14(13)22-16/h4-7,10,13-14H,8-9H2,1-3H3/t13-,14-/m1/s1. The largest absolute Gasteiger partial charge is 0.315 e. The van der Waals surface area contributed by atoms with Gasteiger partial charge in [-0.25, -0.2) is 8.42 Å². The summed E-state index contributed by atoms with van der Waals surface area (Å²) >= 11 is 1.42. The van der Waals surface area contributed by atoms with Gasteiger partial charge in [-0.05, 0) is 18.6 Å². The van der Waals surface area contributed by atoms with Crippen LogP contribution >= 0.6 is 11.8 Å². The van der Waals surface area contributed by atoms with Gasteiger partial charge in [-0.15, -0.1) is 0 Å². The number of anilines is 1. The van der Waals surface area contributed by atoms with E-state index < -0.39 is 9.84 Å². The van der Waals surface area contributed by atoms with E-state index in [0.717, 1.165) is 11.3 Å². The van der Waals surface area contributed by atoms with Crippen molar-refractivity contribution >= 4 is 38.4 Å². The third-order valence-electron chi connectivity index (χ3n) is 4.14.